The number of benzene rings is 1. The molecule has 2 nitrogen and oxygen atoms in total. The Morgan fingerprint density at radius 2 is 2.20 bits per heavy atom. The van der Waals surface area contributed by atoms with E-state index in [0.717, 1.165) is 30.8 Å². The van der Waals surface area contributed by atoms with Gasteiger partial charge in [0.15, 0.2) is 0 Å². The highest BCUT2D eigenvalue weighted by Crippen LogP contribution is 2.34. The van der Waals surface area contributed by atoms with Crippen molar-refractivity contribution in [2.75, 3.05) is 18.5 Å². The third-order valence-corrected chi connectivity index (χ3v) is 5.06. The van der Waals surface area contributed by atoms with E-state index in [2.05, 4.69) is 28.6 Å². The molecule has 0 aliphatic carbocycles. The summed E-state index contributed by atoms with van der Waals surface area (Å²) >= 11 is 1.81. The lowest BCUT2D eigenvalue weighted by atomic mass is 10.0. The Balaban J connectivity index is 1.98. The minimum absolute atomic E-state index is 0.122. The maximum Gasteiger partial charge on any atom is 0.146 e. The summed E-state index contributed by atoms with van der Waals surface area (Å²) in [5.74, 6) is -0.122. The lowest BCUT2D eigenvalue weighted by Gasteiger charge is -2.32. The Morgan fingerprint density at radius 1 is 1.35 bits per heavy atom. The minimum atomic E-state index is -0.122. The molecule has 1 aliphatic rings. The number of halogens is 1. The molecule has 2 heterocycles. The predicted octanol–water partition coefficient (Wildman–Crippen LogP) is 3.73. The van der Waals surface area contributed by atoms with Crippen LogP contribution in [0.1, 0.15) is 29.0 Å². The van der Waals surface area contributed by atoms with Crippen LogP contribution in [-0.4, -0.2) is 13.6 Å². The summed E-state index contributed by atoms with van der Waals surface area (Å²) in [5.41, 5.74) is 3.13. The molecular weight excluding hydrogens is 271 g/mol. The highest BCUT2D eigenvalue weighted by molar-refractivity contribution is 7.10. The Morgan fingerprint density at radius 3 is 3.00 bits per heavy atom. The van der Waals surface area contributed by atoms with Gasteiger partial charge in [-0.1, -0.05) is 12.1 Å². The summed E-state index contributed by atoms with van der Waals surface area (Å²) in [7, 11) is 1.91. The van der Waals surface area contributed by atoms with E-state index >= 15 is 0 Å². The fourth-order valence-electron chi connectivity index (χ4n) is 2.81. The largest absolute Gasteiger partial charge is 0.364 e. The summed E-state index contributed by atoms with van der Waals surface area (Å²) in [6.45, 7) is 3.76. The molecule has 106 valence electrons. The number of fused-ring (bicyclic) bond motifs is 1. The van der Waals surface area contributed by atoms with Crippen molar-refractivity contribution < 1.29 is 4.39 Å². The topological polar surface area (TPSA) is 15.3 Å². The molecule has 1 aliphatic heterocycles. The highest BCUT2D eigenvalue weighted by atomic mass is 32.1. The first kappa shape index (κ1) is 13.6. The van der Waals surface area contributed by atoms with E-state index in [-0.39, 0.29) is 11.9 Å². The van der Waals surface area contributed by atoms with Crippen molar-refractivity contribution in [3.05, 3.63) is 51.5 Å². The lowest BCUT2D eigenvalue weighted by molar-refractivity contribution is 0.591. The molecular formula is C16H19FN2S. The summed E-state index contributed by atoms with van der Waals surface area (Å²) in [5, 5.41) is 5.34. The molecule has 2 aromatic rings. The Kier molecular flexibility index (Phi) is 3.76. The average molecular weight is 290 g/mol. The summed E-state index contributed by atoms with van der Waals surface area (Å²) in [6, 6.07) is 7.67. The number of anilines is 1. The molecule has 0 bridgehead atoms. The zero-order chi connectivity index (χ0) is 14.1. The average Bonchev–Trinajstić information content (AvgIpc) is 2.93. The first-order valence-corrected chi connectivity index (χ1v) is 7.84. The van der Waals surface area contributed by atoms with E-state index in [0.29, 0.717) is 0 Å². The Hall–Kier alpha value is -1.39. The number of nitrogens with zero attached hydrogens (tertiary/aromatic N) is 1. The fraction of sp³-hybridized carbons (Fsp3) is 0.375. The number of para-hydroxylation sites is 1. The van der Waals surface area contributed by atoms with Crippen LogP contribution < -0.4 is 10.2 Å². The van der Waals surface area contributed by atoms with Gasteiger partial charge in [-0.15, -0.1) is 11.3 Å². The zero-order valence-electron chi connectivity index (χ0n) is 11.8. The molecule has 1 aromatic carbocycles. The molecule has 3 rings (SSSR count). The monoisotopic (exact) mass is 290 g/mol. The van der Waals surface area contributed by atoms with E-state index < -0.39 is 0 Å². The van der Waals surface area contributed by atoms with Crippen molar-refractivity contribution >= 4 is 17.0 Å². The first-order chi connectivity index (χ1) is 9.70. The van der Waals surface area contributed by atoms with Crippen LogP contribution in [0.15, 0.2) is 29.6 Å². The molecule has 0 spiro atoms. The second-order valence-corrected chi connectivity index (χ2v) is 6.23. The van der Waals surface area contributed by atoms with Gasteiger partial charge in [0.05, 0.1) is 5.69 Å². The molecule has 1 N–H and O–H groups in total. The van der Waals surface area contributed by atoms with Crippen LogP contribution in [-0.2, 0) is 13.0 Å². The summed E-state index contributed by atoms with van der Waals surface area (Å²) < 4.78 is 14.4. The van der Waals surface area contributed by atoms with E-state index in [4.69, 9.17) is 0 Å². The van der Waals surface area contributed by atoms with Crippen LogP contribution in [0.2, 0.25) is 0 Å². The molecule has 0 saturated heterocycles. The molecule has 0 saturated carbocycles. The number of rotatable bonds is 3. The number of nitrogens with one attached hydrogen (secondary N) is 1. The zero-order valence-corrected chi connectivity index (χ0v) is 12.6. The molecule has 0 radical (unpaired) electrons. The third kappa shape index (κ3) is 2.34. The molecule has 4 heteroatoms. The van der Waals surface area contributed by atoms with Crippen LogP contribution in [0.4, 0.5) is 10.1 Å². The number of hydrogen-bond acceptors (Lipinski definition) is 3. The standard InChI is InChI=1S/C16H19FN2S/c1-11(18-2)13-4-3-5-14(17)16(13)19-8-6-15-12(10-19)7-9-20-15/h3-5,7,9,11,18H,6,8,10H2,1-2H3. The molecule has 1 aromatic heterocycles. The van der Waals surface area contributed by atoms with Crippen LogP contribution in [0.25, 0.3) is 0 Å². The molecule has 20 heavy (non-hydrogen) atoms. The third-order valence-electron chi connectivity index (χ3n) is 4.04. The molecule has 0 fully saturated rings. The van der Waals surface area contributed by atoms with Gasteiger partial charge in [0, 0.05) is 24.0 Å². The van der Waals surface area contributed by atoms with E-state index in [1.807, 2.05) is 24.5 Å². The fourth-order valence-corrected chi connectivity index (χ4v) is 3.70. The second-order valence-electron chi connectivity index (χ2n) is 5.23. The van der Waals surface area contributed by atoms with Crippen molar-refractivity contribution in [1.82, 2.24) is 5.32 Å². The predicted molar refractivity (Wildman–Crippen MR) is 82.9 cm³/mol. The van der Waals surface area contributed by atoms with Gasteiger partial charge in [0.1, 0.15) is 5.82 Å². The van der Waals surface area contributed by atoms with Crippen molar-refractivity contribution in [3.8, 4) is 0 Å². The van der Waals surface area contributed by atoms with E-state index in [1.54, 1.807) is 12.1 Å². The second kappa shape index (κ2) is 5.54. The summed E-state index contributed by atoms with van der Waals surface area (Å²) in [4.78, 5) is 3.62. The maximum absolute atomic E-state index is 14.4. The van der Waals surface area contributed by atoms with Crippen LogP contribution >= 0.6 is 11.3 Å². The van der Waals surface area contributed by atoms with E-state index in [9.17, 15) is 4.39 Å². The van der Waals surface area contributed by atoms with Gasteiger partial charge < -0.3 is 10.2 Å². The highest BCUT2D eigenvalue weighted by Gasteiger charge is 2.23. The van der Waals surface area contributed by atoms with Gasteiger partial charge in [-0.2, -0.15) is 0 Å². The Labute approximate surface area is 123 Å². The first-order valence-electron chi connectivity index (χ1n) is 6.96. The summed E-state index contributed by atoms with van der Waals surface area (Å²) in [6.07, 6.45) is 1.01. The SMILES string of the molecule is CNC(C)c1cccc(F)c1N1CCc2sccc2C1. The molecule has 1 unspecified atom stereocenters. The normalized spacial score (nSPS) is 16.1. The smallest absolute Gasteiger partial charge is 0.146 e. The van der Waals surface area contributed by atoms with Gasteiger partial charge in [-0.05, 0) is 49.0 Å². The lowest BCUT2D eigenvalue weighted by Crippen LogP contribution is -2.32. The van der Waals surface area contributed by atoms with Gasteiger partial charge in [0.2, 0.25) is 0 Å². The number of thiophene rings is 1. The molecule has 1 atom stereocenters. The van der Waals surface area contributed by atoms with Crippen LogP contribution in [0, 0.1) is 5.82 Å². The van der Waals surface area contributed by atoms with Crippen molar-refractivity contribution in [3.63, 3.8) is 0 Å². The van der Waals surface area contributed by atoms with Crippen molar-refractivity contribution in [2.45, 2.75) is 25.9 Å². The van der Waals surface area contributed by atoms with Crippen LogP contribution in [0.3, 0.4) is 0 Å². The van der Waals surface area contributed by atoms with Gasteiger partial charge in [-0.3, -0.25) is 0 Å². The van der Waals surface area contributed by atoms with Crippen molar-refractivity contribution in [2.24, 2.45) is 0 Å². The minimum Gasteiger partial charge on any atom is -0.364 e. The Bertz CT molecular complexity index is 608. The van der Waals surface area contributed by atoms with Gasteiger partial charge >= 0.3 is 0 Å². The quantitative estimate of drug-likeness (QED) is 0.926. The maximum atomic E-state index is 14.4. The van der Waals surface area contributed by atoms with Gasteiger partial charge in [0.25, 0.3) is 0 Å². The number of hydrogen-bond donors (Lipinski definition) is 1. The van der Waals surface area contributed by atoms with E-state index in [1.165, 1.54) is 10.4 Å². The molecule has 0 amide bonds. The van der Waals surface area contributed by atoms with Crippen molar-refractivity contribution in [1.29, 1.82) is 0 Å². The van der Waals surface area contributed by atoms with Gasteiger partial charge in [-0.25, -0.2) is 4.39 Å². The van der Waals surface area contributed by atoms with Crippen LogP contribution in [0.5, 0.6) is 0 Å².